The van der Waals surface area contributed by atoms with Gasteiger partial charge in [-0.2, -0.15) is 23.1 Å². The molecule has 1 aliphatic carbocycles. The first-order chi connectivity index (χ1) is 19.6. The third-order valence-corrected chi connectivity index (χ3v) is 9.04. The second-order valence-corrected chi connectivity index (χ2v) is 11.8. The van der Waals surface area contributed by atoms with Gasteiger partial charge < -0.3 is 25.4 Å². The van der Waals surface area contributed by atoms with Gasteiger partial charge >= 0.3 is 12.2 Å². The normalized spacial score (nSPS) is 24.3. The van der Waals surface area contributed by atoms with Gasteiger partial charge in [0.15, 0.2) is 10.9 Å². The number of nitrogens with zero attached hydrogens (tertiary/aromatic N) is 4. The molecule has 2 saturated heterocycles. The molecule has 0 spiro atoms. The van der Waals surface area contributed by atoms with Gasteiger partial charge in [0.05, 0.1) is 21.9 Å². The summed E-state index contributed by atoms with van der Waals surface area (Å²) >= 11 is 0.778. The number of hydrogen-bond acceptors (Lipinski definition) is 9. The number of nitrogens with two attached hydrogens (primary N) is 1. The molecule has 0 amide bonds. The summed E-state index contributed by atoms with van der Waals surface area (Å²) in [5, 5.41) is 3.36. The number of piperazine rings is 1. The van der Waals surface area contributed by atoms with Crippen LogP contribution in [0, 0.1) is 11.6 Å². The molecular formula is C27H25F5N6O2S. The number of hydrogen-bond donors (Lipinski definition) is 2. The number of rotatable bonds is 5. The highest BCUT2D eigenvalue weighted by Gasteiger charge is 2.40. The molecule has 2 unspecified atom stereocenters. The number of ether oxygens (including phenoxy) is 2. The highest BCUT2D eigenvalue weighted by Crippen LogP contribution is 2.46. The predicted octanol–water partition coefficient (Wildman–Crippen LogP) is 5.28. The summed E-state index contributed by atoms with van der Waals surface area (Å²) in [5.41, 5.74) is 3.05. The fraction of sp³-hybridized carbons (Fsp3) is 0.444. The number of nitrogens with one attached hydrogen (secondary N) is 1. The molecule has 14 heteroatoms. The maximum Gasteiger partial charge on any atom is 0.417 e. The Morgan fingerprint density at radius 1 is 1.02 bits per heavy atom. The average molecular weight is 593 g/mol. The number of thiazole rings is 1. The van der Waals surface area contributed by atoms with E-state index in [4.69, 9.17) is 15.2 Å². The molecule has 0 radical (unpaired) electrons. The zero-order valence-electron chi connectivity index (χ0n) is 21.8. The molecule has 2 atom stereocenters. The van der Waals surface area contributed by atoms with Crippen LogP contribution in [0.25, 0.3) is 32.2 Å². The second-order valence-electron chi connectivity index (χ2n) is 10.8. The fourth-order valence-corrected chi connectivity index (χ4v) is 6.85. The van der Waals surface area contributed by atoms with Crippen LogP contribution in [0.1, 0.15) is 31.2 Å². The molecule has 2 aromatic carbocycles. The number of fused-ring (bicyclic) bond motifs is 4. The van der Waals surface area contributed by atoms with Crippen LogP contribution in [0.3, 0.4) is 0 Å². The minimum atomic E-state index is -4.96. The minimum Gasteiger partial charge on any atom is -0.460 e. The van der Waals surface area contributed by atoms with E-state index in [1.165, 1.54) is 0 Å². The topological polar surface area (TPSA) is 98.4 Å². The Labute approximate surface area is 234 Å². The van der Waals surface area contributed by atoms with Crippen molar-refractivity contribution < 1.29 is 31.4 Å². The Morgan fingerprint density at radius 2 is 1.76 bits per heavy atom. The van der Waals surface area contributed by atoms with Gasteiger partial charge in [-0.05, 0) is 31.0 Å². The molecule has 3 N–H and O–H groups in total. The zero-order valence-corrected chi connectivity index (χ0v) is 22.6. The summed E-state index contributed by atoms with van der Waals surface area (Å²) < 4.78 is 86.2. The number of nitrogen functional groups attached to an aromatic ring is 1. The standard InChI is InChI=1S/C27H25F5N6O2S/c1-39-13-6-14(7-13)40-26-36-21-16(24(37-26)38-9-11-2-3-12(10-38)34-11)8-17(27(30,31)32)19(20(21)29)15-4-5-18(28)23-22(15)35-25(33)41-23/h4-5,8,11-14,34H,2-3,6-7,9-10H2,1H3,(H2,33,35). The summed E-state index contributed by atoms with van der Waals surface area (Å²) in [5.74, 6) is -1.75. The molecule has 2 aromatic heterocycles. The Hall–Kier alpha value is -3.36. The van der Waals surface area contributed by atoms with Crippen molar-refractivity contribution >= 4 is 43.4 Å². The highest BCUT2D eigenvalue weighted by molar-refractivity contribution is 7.22. The van der Waals surface area contributed by atoms with Crippen molar-refractivity contribution in [3.63, 3.8) is 0 Å². The molecular weight excluding hydrogens is 567 g/mol. The van der Waals surface area contributed by atoms with E-state index in [0.717, 1.165) is 42.4 Å². The summed E-state index contributed by atoms with van der Waals surface area (Å²) in [6, 6.07) is 3.12. The lowest BCUT2D eigenvalue weighted by molar-refractivity contribution is -0.137. The van der Waals surface area contributed by atoms with Crippen molar-refractivity contribution in [1.82, 2.24) is 20.3 Å². The molecule has 3 aliphatic rings. The van der Waals surface area contributed by atoms with Gasteiger partial charge in [0.25, 0.3) is 0 Å². The molecule has 1 saturated carbocycles. The second kappa shape index (κ2) is 9.60. The van der Waals surface area contributed by atoms with Crippen LogP contribution in [0.15, 0.2) is 18.2 Å². The van der Waals surface area contributed by atoms with Crippen LogP contribution in [0.2, 0.25) is 0 Å². The van der Waals surface area contributed by atoms with Crippen molar-refractivity contribution in [2.45, 2.75) is 56.2 Å². The van der Waals surface area contributed by atoms with Crippen molar-refractivity contribution in [3.8, 4) is 17.1 Å². The van der Waals surface area contributed by atoms with E-state index in [1.54, 1.807) is 7.11 Å². The Bertz CT molecular complexity index is 1660. The summed E-state index contributed by atoms with van der Waals surface area (Å²) in [6.45, 7) is 0.997. The van der Waals surface area contributed by atoms with E-state index in [-0.39, 0.29) is 67.9 Å². The molecule has 4 aromatic rings. The van der Waals surface area contributed by atoms with E-state index in [9.17, 15) is 17.6 Å². The first-order valence-corrected chi connectivity index (χ1v) is 14.1. The van der Waals surface area contributed by atoms with E-state index in [0.29, 0.717) is 25.9 Å². The van der Waals surface area contributed by atoms with Crippen LogP contribution in [0.4, 0.5) is 32.9 Å². The van der Waals surface area contributed by atoms with Crippen molar-refractivity contribution in [1.29, 1.82) is 0 Å². The third kappa shape index (κ3) is 4.52. The number of aromatic nitrogens is 3. The molecule has 2 bridgehead atoms. The van der Waals surface area contributed by atoms with Gasteiger partial charge in [-0.25, -0.2) is 13.8 Å². The van der Waals surface area contributed by atoms with Gasteiger partial charge in [-0.1, -0.05) is 11.3 Å². The zero-order chi connectivity index (χ0) is 28.6. The summed E-state index contributed by atoms with van der Waals surface area (Å²) in [7, 11) is 1.60. The largest absolute Gasteiger partial charge is 0.460 e. The molecule has 3 fully saturated rings. The minimum absolute atomic E-state index is 0.0211. The van der Waals surface area contributed by atoms with Crippen LogP contribution >= 0.6 is 11.3 Å². The SMILES string of the molecule is COC1CC(Oc2nc(N3CC4CCC(C3)N4)c3cc(C(F)(F)F)c(-c4ccc(F)c5sc(N)nc45)c(F)c3n2)C1. The fourth-order valence-electron chi connectivity index (χ4n) is 6.09. The molecule has 4 heterocycles. The van der Waals surface area contributed by atoms with E-state index < -0.39 is 28.9 Å². The number of methoxy groups -OCH3 is 1. The van der Waals surface area contributed by atoms with Crippen LogP contribution in [-0.2, 0) is 10.9 Å². The number of anilines is 2. The Kier molecular flexibility index (Phi) is 6.21. The number of benzene rings is 2. The van der Waals surface area contributed by atoms with E-state index >= 15 is 4.39 Å². The van der Waals surface area contributed by atoms with Gasteiger partial charge in [0.2, 0.25) is 0 Å². The van der Waals surface area contributed by atoms with Crippen molar-refractivity contribution in [2.24, 2.45) is 0 Å². The maximum absolute atomic E-state index is 16.6. The Balaban J connectivity index is 1.46. The number of halogens is 5. The van der Waals surface area contributed by atoms with Crippen LogP contribution in [-0.4, -0.2) is 59.4 Å². The van der Waals surface area contributed by atoms with E-state index in [1.807, 2.05) is 4.90 Å². The van der Waals surface area contributed by atoms with Crippen LogP contribution in [0.5, 0.6) is 6.01 Å². The van der Waals surface area contributed by atoms with Gasteiger partial charge in [0, 0.05) is 61.6 Å². The molecule has 7 rings (SSSR count). The average Bonchev–Trinajstić information content (AvgIpc) is 3.47. The quantitative estimate of drug-likeness (QED) is 0.302. The molecule has 41 heavy (non-hydrogen) atoms. The lowest BCUT2D eigenvalue weighted by Gasteiger charge is -2.35. The lowest BCUT2D eigenvalue weighted by atomic mass is 9.92. The first kappa shape index (κ1) is 26.5. The van der Waals surface area contributed by atoms with Gasteiger partial charge in [0.1, 0.15) is 23.3 Å². The van der Waals surface area contributed by atoms with Crippen molar-refractivity contribution in [2.75, 3.05) is 30.8 Å². The maximum atomic E-state index is 16.6. The Morgan fingerprint density at radius 3 is 2.44 bits per heavy atom. The van der Waals surface area contributed by atoms with Crippen molar-refractivity contribution in [3.05, 3.63) is 35.4 Å². The first-order valence-electron chi connectivity index (χ1n) is 13.3. The lowest BCUT2D eigenvalue weighted by Crippen LogP contribution is -2.51. The summed E-state index contributed by atoms with van der Waals surface area (Å²) in [6.07, 6.45) is -2.17. The molecule has 8 nitrogen and oxygen atoms in total. The monoisotopic (exact) mass is 592 g/mol. The smallest absolute Gasteiger partial charge is 0.417 e. The van der Waals surface area contributed by atoms with Gasteiger partial charge in [-0.3, -0.25) is 0 Å². The third-order valence-electron chi connectivity index (χ3n) is 8.15. The molecule has 216 valence electrons. The molecule has 2 aliphatic heterocycles. The van der Waals surface area contributed by atoms with E-state index in [2.05, 4.69) is 20.3 Å². The summed E-state index contributed by atoms with van der Waals surface area (Å²) in [4.78, 5) is 14.7. The van der Waals surface area contributed by atoms with Gasteiger partial charge in [-0.15, -0.1) is 0 Å². The van der Waals surface area contributed by atoms with Crippen LogP contribution < -0.4 is 20.7 Å². The highest BCUT2D eigenvalue weighted by atomic mass is 32.1. The number of alkyl halides is 3. The predicted molar refractivity (Wildman–Crippen MR) is 144 cm³/mol.